The molecule has 3 heteroatoms. The van der Waals surface area contributed by atoms with Gasteiger partial charge < -0.3 is 5.32 Å². The second-order valence-corrected chi connectivity index (χ2v) is 5.96. The van der Waals surface area contributed by atoms with Crippen molar-refractivity contribution in [2.45, 2.75) is 37.8 Å². The summed E-state index contributed by atoms with van der Waals surface area (Å²) in [5.74, 6) is 0.603. The fraction of sp³-hybridized carbons (Fsp3) is 0.353. The molecule has 1 N–H and O–H groups in total. The summed E-state index contributed by atoms with van der Waals surface area (Å²) in [6.07, 6.45) is 6.03. The van der Waals surface area contributed by atoms with Gasteiger partial charge in [0.25, 0.3) is 0 Å². The van der Waals surface area contributed by atoms with Gasteiger partial charge in [0.05, 0.1) is 0 Å². The van der Waals surface area contributed by atoms with E-state index >= 15 is 0 Å². The third-order valence-electron chi connectivity index (χ3n) is 4.17. The quantitative estimate of drug-likeness (QED) is 0.905. The maximum absolute atomic E-state index is 6.25. The molecule has 1 aromatic carbocycles. The zero-order valence-corrected chi connectivity index (χ0v) is 12.3. The molecule has 1 unspecified atom stereocenters. The first kappa shape index (κ1) is 13.6. The Kier molecular flexibility index (Phi) is 4.04. The molecule has 0 aliphatic heterocycles. The van der Waals surface area contributed by atoms with Crippen LogP contribution in [0.25, 0.3) is 0 Å². The maximum atomic E-state index is 6.25. The number of hydrogen-bond acceptors (Lipinski definition) is 2. The minimum absolute atomic E-state index is 0.371. The zero-order valence-electron chi connectivity index (χ0n) is 11.6. The number of nitrogens with zero attached hydrogens (tertiary/aromatic N) is 1. The lowest BCUT2D eigenvalue weighted by atomic mass is 9.75. The van der Waals surface area contributed by atoms with Crippen LogP contribution in [0.2, 0.25) is 5.02 Å². The molecule has 1 aromatic heterocycles. The van der Waals surface area contributed by atoms with E-state index in [1.165, 1.54) is 24.0 Å². The van der Waals surface area contributed by atoms with Gasteiger partial charge in [-0.1, -0.05) is 29.8 Å². The Balaban J connectivity index is 1.55. The first-order valence-corrected chi connectivity index (χ1v) is 7.52. The molecule has 0 amide bonds. The van der Waals surface area contributed by atoms with Crippen molar-refractivity contribution in [3.63, 3.8) is 0 Å². The predicted octanol–water partition coefficient (Wildman–Crippen LogP) is 4.33. The first-order valence-electron chi connectivity index (χ1n) is 7.14. The molecule has 1 aliphatic carbocycles. The number of rotatable bonds is 4. The van der Waals surface area contributed by atoms with Gasteiger partial charge in [0.1, 0.15) is 0 Å². The van der Waals surface area contributed by atoms with Crippen molar-refractivity contribution in [3.05, 3.63) is 64.9 Å². The van der Waals surface area contributed by atoms with E-state index in [0.29, 0.717) is 18.0 Å². The Morgan fingerprint density at radius 2 is 1.85 bits per heavy atom. The van der Waals surface area contributed by atoms with E-state index in [1.54, 1.807) is 0 Å². The van der Waals surface area contributed by atoms with Crippen LogP contribution in [0.5, 0.6) is 0 Å². The minimum atomic E-state index is 0.371. The van der Waals surface area contributed by atoms with Gasteiger partial charge in [-0.25, -0.2) is 0 Å². The maximum Gasteiger partial charge on any atom is 0.0440 e. The Bertz CT molecular complexity index is 564. The van der Waals surface area contributed by atoms with Crippen LogP contribution in [0.1, 0.15) is 42.9 Å². The van der Waals surface area contributed by atoms with E-state index < -0.39 is 0 Å². The highest BCUT2D eigenvalue weighted by atomic mass is 35.5. The molecule has 0 saturated heterocycles. The number of aromatic nitrogens is 1. The first-order chi connectivity index (χ1) is 9.74. The van der Waals surface area contributed by atoms with Crippen LogP contribution in [0, 0.1) is 0 Å². The van der Waals surface area contributed by atoms with Gasteiger partial charge in [-0.2, -0.15) is 0 Å². The fourth-order valence-electron chi connectivity index (χ4n) is 2.92. The summed E-state index contributed by atoms with van der Waals surface area (Å²) < 4.78 is 0. The highest BCUT2D eigenvalue weighted by Crippen LogP contribution is 2.40. The Labute approximate surface area is 125 Å². The molecule has 1 heterocycles. The van der Waals surface area contributed by atoms with E-state index in [-0.39, 0.29) is 0 Å². The highest BCUT2D eigenvalue weighted by molar-refractivity contribution is 6.31. The van der Waals surface area contributed by atoms with E-state index in [0.717, 1.165) is 5.02 Å². The lowest BCUT2D eigenvalue weighted by Gasteiger charge is -2.38. The van der Waals surface area contributed by atoms with Gasteiger partial charge in [0, 0.05) is 29.5 Å². The van der Waals surface area contributed by atoms with Crippen molar-refractivity contribution in [1.29, 1.82) is 0 Å². The van der Waals surface area contributed by atoms with Gasteiger partial charge in [-0.05, 0) is 55.0 Å². The molecular formula is C17H19ClN2. The van der Waals surface area contributed by atoms with Crippen molar-refractivity contribution >= 4 is 11.6 Å². The summed E-state index contributed by atoms with van der Waals surface area (Å²) in [5, 5.41) is 4.58. The second-order valence-electron chi connectivity index (χ2n) is 5.56. The monoisotopic (exact) mass is 286 g/mol. The van der Waals surface area contributed by atoms with Gasteiger partial charge in [-0.3, -0.25) is 4.98 Å². The van der Waals surface area contributed by atoms with E-state index in [9.17, 15) is 0 Å². The molecule has 0 radical (unpaired) electrons. The topological polar surface area (TPSA) is 24.9 Å². The second kappa shape index (κ2) is 5.94. The van der Waals surface area contributed by atoms with E-state index in [1.807, 2.05) is 24.5 Å². The van der Waals surface area contributed by atoms with Crippen molar-refractivity contribution in [2.75, 3.05) is 0 Å². The smallest absolute Gasteiger partial charge is 0.0440 e. The summed E-state index contributed by atoms with van der Waals surface area (Å²) in [7, 11) is 0. The summed E-state index contributed by atoms with van der Waals surface area (Å²) >= 11 is 6.25. The molecule has 1 fully saturated rings. The largest absolute Gasteiger partial charge is 0.307 e. The molecule has 1 atom stereocenters. The van der Waals surface area contributed by atoms with Crippen LogP contribution in [0.4, 0.5) is 0 Å². The van der Waals surface area contributed by atoms with Crippen LogP contribution in [0.15, 0.2) is 48.8 Å². The van der Waals surface area contributed by atoms with Crippen LogP contribution in [0.3, 0.4) is 0 Å². The lowest BCUT2D eigenvalue weighted by molar-refractivity contribution is 0.271. The van der Waals surface area contributed by atoms with E-state index in [4.69, 9.17) is 11.6 Å². The van der Waals surface area contributed by atoms with E-state index in [2.05, 4.69) is 41.5 Å². The van der Waals surface area contributed by atoms with Crippen LogP contribution in [-0.2, 0) is 0 Å². The number of nitrogens with one attached hydrogen (secondary N) is 1. The standard InChI is InChI=1S/C17H19ClN2/c1-12(13-6-8-19-9-7-13)20-15-10-14(11-15)16-4-2-3-5-17(16)18/h2-9,12,14-15,20H,10-11H2,1H3. The van der Waals surface area contributed by atoms with Gasteiger partial charge in [0.2, 0.25) is 0 Å². The third kappa shape index (κ3) is 2.87. The summed E-state index contributed by atoms with van der Waals surface area (Å²) in [4.78, 5) is 4.06. The number of hydrogen-bond donors (Lipinski definition) is 1. The number of halogens is 1. The number of pyridine rings is 1. The number of benzene rings is 1. The average molecular weight is 287 g/mol. The Morgan fingerprint density at radius 1 is 1.15 bits per heavy atom. The summed E-state index contributed by atoms with van der Waals surface area (Å²) in [5.41, 5.74) is 2.59. The van der Waals surface area contributed by atoms with Crippen LogP contribution < -0.4 is 5.32 Å². The fourth-order valence-corrected chi connectivity index (χ4v) is 3.21. The van der Waals surface area contributed by atoms with Crippen molar-refractivity contribution < 1.29 is 0 Å². The SMILES string of the molecule is CC(NC1CC(c2ccccc2Cl)C1)c1ccncc1. The summed E-state index contributed by atoms with van der Waals surface area (Å²) in [6, 6.07) is 13.3. The molecule has 0 bridgehead atoms. The molecule has 3 rings (SSSR count). The van der Waals surface area contributed by atoms with Gasteiger partial charge in [0.15, 0.2) is 0 Å². The van der Waals surface area contributed by atoms with Crippen molar-refractivity contribution in [1.82, 2.24) is 10.3 Å². The zero-order chi connectivity index (χ0) is 13.9. The molecule has 2 aromatic rings. The Hall–Kier alpha value is -1.38. The molecule has 20 heavy (non-hydrogen) atoms. The van der Waals surface area contributed by atoms with Crippen LogP contribution in [-0.4, -0.2) is 11.0 Å². The lowest BCUT2D eigenvalue weighted by Crippen LogP contribution is -2.41. The normalized spacial score (nSPS) is 23.1. The minimum Gasteiger partial charge on any atom is -0.307 e. The molecule has 104 valence electrons. The molecule has 1 saturated carbocycles. The summed E-state index contributed by atoms with van der Waals surface area (Å²) in [6.45, 7) is 2.21. The Morgan fingerprint density at radius 3 is 2.55 bits per heavy atom. The highest BCUT2D eigenvalue weighted by Gasteiger charge is 2.32. The molecule has 2 nitrogen and oxygen atoms in total. The predicted molar refractivity (Wildman–Crippen MR) is 83.0 cm³/mol. The molecule has 0 spiro atoms. The molecular weight excluding hydrogens is 268 g/mol. The van der Waals surface area contributed by atoms with Gasteiger partial charge in [-0.15, -0.1) is 0 Å². The molecule has 1 aliphatic rings. The van der Waals surface area contributed by atoms with Crippen molar-refractivity contribution in [2.24, 2.45) is 0 Å². The third-order valence-corrected chi connectivity index (χ3v) is 4.52. The van der Waals surface area contributed by atoms with Gasteiger partial charge >= 0.3 is 0 Å². The van der Waals surface area contributed by atoms with Crippen LogP contribution >= 0.6 is 11.6 Å². The average Bonchev–Trinajstić information content (AvgIpc) is 2.44. The van der Waals surface area contributed by atoms with Crippen molar-refractivity contribution in [3.8, 4) is 0 Å².